The number of rotatable bonds is 2. The van der Waals surface area contributed by atoms with Gasteiger partial charge in [-0.25, -0.2) is 0 Å². The van der Waals surface area contributed by atoms with E-state index in [0.717, 1.165) is 16.7 Å². The second-order valence-corrected chi connectivity index (χ2v) is 4.59. The van der Waals surface area contributed by atoms with E-state index in [-0.39, 0.29) is 5.78 Å². The molecule has 0 fully saturated rings. The molecule has 3 nitrogen and oxygen atoms in total. The first-order valence-electron chi connectivity index (χ1n) is 6.29. The van der Waals surface area contributed by atoms with E-state index in [2.05, 4.69) is 0 Å². The SMILES string of the molecule is CC(=O)Oc1ccc2c(c1)C(=O)C=C2c1ccccc1. The highest BCUT2D eigenvalue weighted by atomic mass is 16.5. The minimum atomic E-state index is -0.397. The zero-order valence-corrected chi connectivity index (χ0v) is 10.9. The summed E-state index contributed by atoms with van der Waals surface area (Å²) in [5.74, 6) is -0.0631. The van der Waals surface area contributed by atoms with Crippen molar-refractivity contribution in [2.75, 3.05) is 0 Å². The second-order valence-electron chi connectivity index (χ2n) is 4.59. The van der Waals surface area contributed by atoms with E-state index >= 15 is 0 Å². The lowest BCUT2D eigenvalue weighted by Crippen LogP contribution is -2.02. The minimum Gasteiger partial charge on any atom is -0.427 e. The van der Waals surface area contributed by atoms with Crippen LogP contribution in [0.5, 0.6) is 5.75 Å². The van der Waals surface area contributed by atoms with Crippen molar-refractivity contribution in [2.45, 2.75) is 6.92 Å². The first-order valence-corrected chi connectivity index (χ1v) is 6.29. The van der Waals surface area contributed by atoms with Crippen LogP contribution in [0.25, 0.3) is 5.57 Å². The summed E-state index contributed by atoms with van der Waals surface area (Å²) in [6.45, 7) is 1.34. The molecule has 3 heteroatoms. The molecule has 0 saturated heterocycles. The van der Waals surface area contributed by atoms with Crippen LogP contribution in [0.3, 0.4) is 0 Å². The van der Waals surface area contributed by atoms with Gasteiger partial charge in [0, 0.05) is 12.5 Å². The van der Waals surface area contributed by atoms with Gasteiger partial charge in [-0.2, -0.15) is 0 Å². The maximum Gasteiger partial charge on any atom is 0.308 e. The van der Waals surface area contributed by atoms with E-state index in [1.165, 1.54) is 6.92 Å². The van der Waals surface area contributed by atoms with E-state index in [1.54, 1.807) is 18.2 Å². The van der Waals surface area contributed by atoms with Crippen LogP contribution < -0.4 is 4.74 Å². The smallest absolute Gasteiger partial charge is 0.308 e. The van der Waals surface area contributed by atoms with Crippen LogP contribution in [0.2, 0.25) is 0 Å². The summed E-state index contributed by atoms with van der Waals surface area (Å²) in [4.78, 5) is 23.0. The molecule has 20 heavy (non-hydrogen) atoms. The molecule has 1 aliphatic rings. The van der Waals surface area contributed by atoms with Gasteiger partial charge in [0.1, 0.15) is 5.75 Å². The third-order valence-corrected chi connectivity index (χ3v) is 3.17. The third-order valence-electron chi connectivity index (χ3n) is 3.17. The largest absolute Gasteiger partial charge is 0.427 e. The van der Waals surface area contributed by atoms with E-state index in [1.807, 2.05) is 36.4 Å². The topological polar surface area (TPSA) is 43.4 Å². The molecule has 0 aromatic heterocycles. The Balaban J connectivity index is 2.04. The third kappa shape index (κ3) is 2.14. The van der Waals surface area contributed by atoms with E-state index in [0.29, 0.717) is 11.3 Å². The van der Waals surface area contributed by atoms with Gasteiger partial charge >= 0.3 is 5.97 Å². The van der Waals surface area contributed by atoms with Crippen molar-refractivity contribution in [3.8, 4) is 5.75 Å². The Hall–Kier alpha value is -2.68. The number of esters is 1. The van der Waals surface area contributed by atoms with Gasteiger partial charge in [0.15, 0.2) is 5.78 Å². The van der Waals surface area contributed by atoms with Crippen molar-refractivity contribution >= 4 is 17.3 Å². The Morgan fingerprint density at radius 2 is 1.75 bits per heavy atom. The lowest BCUT2D eigenvalue weighted by molar-refractivity contribution is -0.131. The summed E-state index contributed by atoms with van der Waals surface area (Å²) >= 11 is 0. The number of carbonyl (C=O) groups is 2. The van der Waals surface area contributed by atoms with Crippen LogP contribution in [0.4, 0.5) is 0 Å². The van der Waals surface area contributed by atoms with Crippen molar-refractivity contribution in [2.24, 2.45) is 0 Å². The van der Waals surface area contributed by atoms with Gasteiger partial charge in [-0.3, -0.25) is 9.59 Å². The van der Waals surface area contributed by atoms with Gasteiger partial charge in [-0.05, 0) is 41.0 Å². The fourth-order valence-electron chi connectivity index (χ4n) is 2.33. The molecule has 0 unspecified atom stereocenters. The zero-order valence-electron chi connectivity index (χ0n) is 10.9. The molecule has 0 amide bonds. The number of hydrogen-bond acceptors (Lipinski definition) is 3. The van der Waals surface area contributed by atoms with Crippen molar-refractivity contribution < 1.29 is 14.3 Å². The Morgan fingerprint density at radius 1 is 1.00 bits per heavy atom. The predicted molar refractivity (Wildman–Crippen MR) is 75.6 cm³/mol. The summed E-state index contributed by atoms with van der Waals surface area (Å²) in [6, 6.07) is 14.9. The highest BCUT2D eigenvalue weighted by Gasteiger charge is 2.22. The molecule has 0 spiro atoms. The molecular formula is C17H12O3. The summed E-state index contributed by atoms with van der Waals surface area (Å²) in [5, 5.41) is 0. The average molecular weight is 264 g/mol. The number of hydrogen-bond donors (Lipinski definition) is 0. The van der Waals surface area contributed by atoms with Crippen molar-refractivity contribution in [1.29, 1.82) is 0 Å². The summed E-state index contributed by atoms with van der Waals surface area (Å²) in [7, 11) is 0. The molecule has 0 bridgehead atoms. The van der Waals surface area contributed by atoms with E-state index in [9.17, 15) is 9.59 Å². The van der Waals surface area contributed by atoms with Crippen molar-refractivity contribution in [3.05, 3.63) is 71.3 Å². The Bertz CT molecular complexity index is 727. The summed E-state index contributed by atoms with van der Waals surface area (Å²) in [6.07, 6.45) is 1.62. The summed E-state index contributed by atoms with van der Waals surface area (Å²) in [5.41, 5.74) is 3.35. The molecule has 2 aromatic carbocycles. The average Bonchev–Trinajstić information content (AvgIpc) is 2.76. The quantitative estimate of drug-likeness (QED) is 0.617. The zero-order chi connectivity index (χ0) is 14.1. The normalized spacial score (nSPS) is 12.8. The molecule has 0 N–H and O–H groups in total. The fourth-order valence-corrected chi connectivity index (χ4v) is 2.33. The summed E-state index contributed by atoms with van der Waals surface area (Å²) < 4.78 is 5.01. The number of ether oxygens (including phenoxy) is 1. The first kappa shape index (κ1) is 12.4. The van der Waals surface area contributed by atoms with Crippen molar-refractivity contribution in [1.82, 2.24) is 0 Å². The minimum absolute atomic E-state index is 0.0622. The molecule has 0 aliphatic heterocycles. The molecule has 98 valence electrons. The van der Waals surface area contributed by atoms with Crippen LogP contribution in [0.1, 0.15) is 28.4 Å². The molecular weight excluding hydrogens is 252 g/mol. The Morgan fingerprint density at radius 3 is 2.45 bits per heavy atom. The van der Waals surface area contributed by atoms with Gasteiger partial charge in [-0.1, -0.05) is 30.3 Å². The standard InChI is InChI=1S/C17H12O3/c1-11(18)20-13-7-8-14-15(10-17(19)16(14)9-13)12-5-3-2-4-6-12/h2-10H,1H3. The van der Waals surface area contributed by atoms with Crippen LogP contribution in [-0.4, -0.2) is 11.8 Å². The molecule has 0 heterocycles. The molecule has 0 radical (unpaired) electrons. The second kappa shape index (κ2) is 4.78. The number of carbonyl (C=O) groups excluding carboxylic acids is 2. The van der Waals surface area contributed by atoms with Gasteiger partial charge in [0.25, 0.3) is 0 Å². The molecule has 2 aromatic rings. The van der Waals surface area contributed by atoms with Crippen LogP contribution in [0, 0.1) is 0 Å². The number of allylic oxidation sites excluding steroid dienone is 1. The lowest BCUT2D eigenvalue weighted by Gasteiger charge is -2.07. The monoisotopic (exact) mass is 264 g/mol. The molecule has 1 aliphatic carbocycles. The van der Waals surface area contributed by atoms with Crippen LogP contribution in [-0.2, 0) is 4.79 Å². The molecule has 3 rings (SSSR count). The van der Waals surface area contributed by atoms with E-state index < -0.39 is 5.97 Å². The highest BCUT2D eigenvalue weighted by Crippen LogP contribution is 2.34. The number of fused-ring (bicyclic) bond motifs is 1. The number of benzene rings is 2. The molecule has 0 saturated carbocycles. The van der Waals surface area contributed by atoms with Gasteiger partial charge in [0.05, 0.1) is 0 Å². The van der Waals surface area contributed by atoms with Crippen LogP contribution >= 0.6 is 0 Å². The maximum atomic E-state index is 12.1. The maximum absolute atomic E-state index is 12.1. The molecule has 0 atom stereocenters. The highest BCUT2D eigenvalue weighted by molar-refractivity contribution is 6.19. The van der Waals surface area contributed by atoms with Gasteiger partial charge < -0.3 is 4.74 Å². The first-order chi connectivity index (χ1) is 9.65. The Kier molecular flexibility index (Phi) is 2.95. The lowest BCUT2D eigenvalue weighted by atomic mass is 9.99. The van der Waals surface area contributed by atoms with Gasteiger partial charge in [-0.15, -0.1) is 0 Å². The van der Waals surface area contributed by atoms with Crippen molar-refractivity contribution in [3.63, 3.8) is 0 Å². The van der Waals surface area contributed by atoms with Gasteiger partial charge in [0.2, 0.25) is 0 Å². The van der Waals surface area contributed by atoms with Crippen LogP contribution in [0.15, 0.2) is 54.6 Å². The fraction of sp³-hybridized carbons (Fsp3) is 0.0588. The predicted octanol–water partition coefficient (Wildman–Crippen LogP) is 3.24. The number of ketones is 1. The van der Waals surface area contributed by atoms with E-state index in [4.69, 9.17) is 4.74 Å². The Labute approximate surface area is 116 Å².